The van der Waals surface area contributed by atoms with Gasteiger partial charge in [-0.1, -0.05) is 88.0 Å². The van der Waals surface area contributed by atoms with Gasteiger partial charge in [-0.3, -0.25) is 0 Å². The molecule has 3 nitrogen and oxygen atoms in total. The number of para-hydroxylation sites is 2. The van der Waals surface area contributed by atoms with E-state index in [1.54, 1.807) is 7.11 Å². The van der Waals surface area contributed by atoms with E-state index >= 15 is 0 Å². The summed E-state index contributed by atoms with van der Waals surface area (Å²) in [6.45, 7) is 21.2. The number of nitrogens with zero attached hydrogens (tertiary/aromatic N) is 2. The molecule has 0 saturated carbocycles. The molecule has 4 aromatic rings. The standard InChI is InChI=1S/C20H27O.2C9H12N.Tm/c1-14-12-16(19(2,3)4)18(21-7)17(13-14)20(5,6)15-10-8-9-11-15;2*1-8-6-4-5-7-9(8)10(2)3;/h8-13H,1-7H3;2*4-7H,1H2,2-3H3;/q3*-1;+3. The Hall–Kier alpha value is -2.62. The van der Waals surface area contributed by atoms with E-state index in [0.717, 1.165) is 16.9 Å². The second-order valence-electron chi connectivity index (χ2n) is 12.5. The maximum absolute atomic E-state index is 5.84. The third kappa shape index (κ3) is 9.99. The number of aryl methyl sites for hydroxylation is 1. The predicted octanol–water partition coefficient (Wildman–Crippen LogP) is 9.22. The molecule has 42 heavy (non-hydrogen) atoms. The van der Waals surface area contributed by atoms with Gasteiger partial charge in [0.1, 0.15) is 5.75 Å². The minimum Gasteiger partial charge on any atom is -0.496 e. The first kappa shape index (κ1) is 37.4. The molecule has 4 heteroatoms. The van der Waals surface area contributed by atoms with Crippen LogP contribution in [0.4, 0.5) is 11.4 Å². The second-order valence-corrected chi connectivity index (χ2v) is 12.5. The molecule has 0 aliphatic rings. The number of anilines is 2. The summed E-state index contributed by atoms with van der Waals surface area (Å²) in [5.41, 5.74) is 9.67. The van der Waals surface area contributed by atoms with Gasteiger partial charge in [0.25, 0.3) is 0 Å². The van der Waals surface area contributed by atoms with Crippen molar-refractivity contribution in [2.75, 3.05) is 45.1 Å². The Morgan fingerprint density at radius 3 is 1.40 bits per heavy atom. The third-order valence-electron chi connectivity index (χ3n) is 7.25. The topological polar surface area (TPSA) is 15.7 Å². The Labute approximate surface area is 286 Å². The van der Waals surface area contributed by atoms with Crippen LogP contribution in [0.15, 0.2) is 84.9 Å². The molecule has 0 aromatic heterocycles. The van der Waals surface area contributed by atoms with E-state index in [4.69, 9.17) is 4.74 Å². The van der Waals surface area contributed by atoms with Crippen molar-refractivity contribution in [1.29, 1.82) is 0 Å². The molecular formula is C38H51N2OTm. The van der Waals surface area contributed by atoms with Crippen LogP contribution in [0.5, 0.6) is 5.75 Å². The molecule has 4 rings (SSSR count). The first-order valence-electron chi connectivity index (χ1n) is 14.2. The largest absolute Gasteiger partial charge is 3.00 e. The van der Waals surface area contributed by atoms with Crippen molar-refractivity contribution in [3.8, 4) is 5.75 Å². The fraction of sp³-hybridized carbons (Fsp3) is 0.342. The average Bonchev–Trinajstić information content (AvgIpc) is 3.45. The van der Waals surface area contributed by atoms with E-state index in [9.17, 15) is 0 Å². The molecule has 0 radical (unpaired) electrons. The zero-order valence-corrected chi connectivity index (χ0v) is 29.4. The van der Waals surface area contributed by atoms with Gasteiger partial charge in [-0.05, 0) is 57.1 Å². The van der Waals surface area contributed by atoms with Gasteiger partial charge >= 0.3 is 36.9 Å². The smallest absolute Gasteiger partial charge is 0.496 e. The minimum absolute atomic E-state index is 0. The maximum Gasteiger partial charge on any atom is 3.00 e. The van der Waals surface area contributed by atoms with E-state index in [1.807, 2.05) is 64.6 Å². The Morgan fingerprint density at radius 1 is 0.667 bits per heavy atom. The van der Waals surface area contributed by atoms with E-state index in [1.165, 1.54) is 33.6 Å². The van der Waals surface area contributed by atoms with Gasteiger partial charge in [0, 0.05) is 0 Å². The predicted molar refractivity (Wildman–Crippen MR) is 181 cm³/mol. The summed E-state index contributed by atoms with van der Waals surface area (Å²) in [5, 5.41) is 0. The molecule has 0 unspecified atom stereocenters. The number of hydrogen-bond acceptors (Lipinski definition) is 3. The summed E-state index contributed by atoms with van der Waals surface area (Å²) in [6.07, 6.45) is 0. The number of methoxy groups -OCH3 is 1. The molecule has 0 atom stereocenters. The molecule has 0 amide bonds. The molecule has 232 valence electrons. The zero-order valence-electron chi connectivity index (χ0n) is 27.6. The monoisotopic (exact) mass is 720 g/mol. The summed E-state index contributed by atoms with van der Waals surface area (Å²) in [4.78, 5) is 4.12. The van der Waals surface area contributed by atoms with Gasteiger partial charge < -0.3 is 14.5 Å². The molecule has 0 saturated heterocycles. The third-order valence-corrected chi connectivity index (χ3v) is 7.25. The molecular weight excluding hydrogens is 669 g/mol. The van der Waals surface area contributed by atoms with Crippen molar-refractivity contribution in [1.82, 2.24) is 0 Å². The number of benzene rings is 3. The van der Waals surface area contributed by atoms with Crippen LogP contribution in [0.1, 0.15) is 68.0 Å². The van der Waals surface area contributed by atoms with Crippen molar-refractivity contribution in [2.45, 2.75) is 52.4 Å². The normalized spacial score (nSPS) is 10.7. The summed E-state index contributed by atoms with van der Waals surface area (Å²) in [7, 11) is 9.85. The molecule has 0 spiro atoms. The van der Waals surface area contributed by atoms with Crippen LogP contribution in [-0.4, -0.2) is 35.3 Å². The van der Waals surface area contributed by atoms with Gasteiger partial charge in [0.2, 0.25) is 0 Å². The zero-order chi connectivity index (χ0) is 31.0. The Morgan fingerprint density at radius 2 is 1.07 bits per heavy atom. The molecule has 0 fully saturated rings. The van der Waals surface area contributed by atoms with Crippen molar-refractivity contribution in [2.24, 2.45) is 0 Å². The minimum atomic E-state index is -0.0686. The van der Waals surface area contributed by atoms with Crippen LogP contribution in [-0.2, 0) is 10.8 Å². The summed E-state index contributed by atoms with van der Waals surface area (Å²) >= 11 is 0. The van der Waals surface area contributed by atoms with Gasteiger partial charge in [0.05, 0.1) is 7.11 Å². The quantitative estimate of drug-likeness (QED) is 0.191. The molecule has 0 bridgehead atoms. The molecule has 0 aliphatic carbocycles. The number of ether oxygens (including phenoxy) is 1. The average molecular weight is 721 g/mol. The van der Waals surface area contributed by atoms with Gasteiger partial charge in [0.15, 0.2) is 0 Å². The van der Waals surface area contributed by atoms with E-state index < -0.39 is 0 Å². The van der Waals surface area contributed by atoms with Crippen LogP contribution in [0.3, 0.4) is 0 Å². The van der Waals surface area contributed by atoms with Crippen LogP contribution < -0.4 is 14.5 Å². The van der Waals surface area contributed by atoms with Crippen molar-refractivity contribution in [3.05, 3.63) is 132 Å². The Balaban J connectivity index is 0.000000351. The fourth-order valence-corrected chi connectivity index (χ4v) is 4.85. The Bertz CT molecular complexity index is 1310. The second kappa shape index (κ2) is 16.3. The van der Waals surface area contributed by atoms with E-state index in [0.29, 0.717) is 0 Å². The van der Waals surface area contributed by atoms with Crippen LogP contribution in [0.25, 0.3) is 0 Å². The van der Waals surface area contributed by atoms with Crippen molar-refractivity contribution >= 4 is 11.4 Å². The van der Waals surface area contributed by atoms with Gasteiger partial charge in [-0.25, -0.2) is 12.1 Å². The molecule has 4 aromatic carbocycles. The first-order chi connectivity index (χ1) is 19.1. The summed E-state index contributed by atoms with van der Waals surface area (Å²) in [5.74, 6) is 1.03. The van der Waals surface area contributed by atoms with Crippen LogP contribution in [0.2, 0.25) is 0 Å². The van der Waals surface area contributed by atoms with Gasteiger partial charge in [-0.15, -0.1) is 17.7 Å². The van der Waals surface area contributed by atoms with E-state index in [2.05, 4.69) is 114 Å². The Kier molecular flexibility index (Phi) is 14.5. The molecule has 0 aliphatic heterocycles. The SMILES string of the molecule is COc1c(C(C)(C)C)cc(C)cc1C(C)(C)[c-]1cccc1.[CH2-]c1ccccc1N(C)C.[CH2-]c1ccccc1N(C)C.[Tm+3]. The van der Waals surface area contributed by atoms with Crippen LogP contribution in [0, 0.1) is 57.6 Å². The van der Waals surface area contributed by atoms with Crippen molar-refractivity contribution < 1.29 is 41.6 Å². The fourth-order valence-electron chi connectivity index (χ4n) is 4.85. The maximum atomic E-state index is 5.84. The van der Waals surface area contributed by atoms with Gasteiger partial charge in [-0.2, -0.15) is 49.2 Å². The number of hydrogen-bond donors (Lipinski definition) is 0. The summed E-state index contributed by atoms with van der Waals surface area (Å²) in [6, 6.07) is 29.3. The van der Waals surface area contributed by atoms with Crippen molar-refractivity contribution in [3.63, 3.8) is 0 Å². The van der Waals surface area contributed by atoms with Crippen LogP contribution >= 0.6 is 0 Å². The molecule has 0 heterocycles. The summed E-state index contributed by atoms with van der Waals surface area (Å²) < 4.78 is 5.84. The first-order valence-corrected chi connectivity index (χ1v) is 14.2. The number of rotatable bonds is 5. The van der Waals surface area contributed by atoms with E-state index in [-0.39, 0.29) is 47.7 Å². The molecule has 0 N–H and O–H groups in total.